The second kappa shape index (κ2) is 6.34. The first-order chi connectivity index (χ1) is 9.60. The molecule has 2 rings (SSSR count). The van der Waals surface area contributed by atoms with Crippen molar-refractivity contribution < 1.29 is 0 Å². The van der Waals surface area contributed by atoms with Crippen LogP contribution < -0.4 is 16.2 Å². The molecule has 2 aromatic rings. The van der Waals surface area contributed by atoms with Crippen molar-refractivity contribution in [2.75, 3.05) is 10.3 Å². The quantitative estimate of drug-likeness (QED) is 0.646. The number of anilines is 2. The van der Waals surface area contributed by atoms with Crippen molar-refractivity contribution in [3.8, 4) is 0 Å². The van der Waals surface area contributed by atoms with Gasteiger partial charge >= 0.3 is 0 Å². The van der Waals surface area contributed by atoms with E-state index in [0.717, 1.165) is 18.1 Å². The minimum atomic E-state index is 0.329. The number of aromatic nitrogens is 2. The number of nitrogens with two attached hydrogens (primary N) is 1. The molecule has 0 aliphatic rings. The van der Waals surface area contributed by atoms with E-state index in [1.165, 1.54) is 5.56 Å². The van der Waals surface area contributed by atoms with Crippen molar-refractivity contribution in [1.29, 1.82) is 0 Å². The van der Waals surface area contributed by atoms with Crippen molar-refractivity contribution in [3.63, 3.8) is 0 Å². The lowest BCUT2D eigenvalue weighted by molar-refractivity contribution is 0.671. The maximum Gasteiger partial charge on any atom is 0.239 e. The van der Waals surface area contributed by atoms with Gasteiger partial charge in [0.25, 0.3) is 0 Å². The number of hydrogen-bond donors (Lipinski definition) is 2. The summed E-state index contributed by atoms with van der Waals surface area (Å²) in [6.07, 6.45) is 0. The molecule has 0 amide bonds. The van der Waals surface area contributed by atoms with Gasteiger partial charge in [0, 0.05) is 24.3 Å². The average Bonchev–Trinajstić information content (AvgIpc) is 2.44. The summed E-state index contributed by atoms with van der Waals surface area (Å²) < 4.78 is 0. The van der Waals surface area contributed by atoms with Crippen molar-refractivity contribution in [1.82, 2.24) is 9.97 Å². The lowest BCUT2D eigenvalue weighted by atomic mass is 10.2. The molecule has 0 unspecified atom stereocenters. The van der Waals surface area contributed by atoms with Gasteiger partial charge in [-0.3, -0.25) is 5.43 Å². The van der Waals surface area contributed by atoms with Crippen molar-refractivity contribution in [2.24, 2.45) is 5.84 Å². The molecule has 1 aromatic carbocycles. The summed E-state index contributed by atoms with van der Waals surface area (Å²) in [6, 6.07) is 12.7. The Morgan fingerprint density at radius 2 is 1.90 bits per heavy atom. The lowest BCUT2D eigenvalue weighted by Crippen LogP contribution is -2.31. The minimum absolute atomic E-state index is 0.329. The monoisotopic (exact) mass is 271 g/mol. The normalized spacial score (nSPS) is 10.7. The Hall–Kier alpha value is -2.14. The summed E-state index contributed by atoms with van der Waals surface area (Å²) >= 11 is 0. The zero-order valence-electron chi connectivity index (χ0n) is 12.2. The maximum atomic E-state index is 5.42. The van der Waals surface area contributed by atoms with Crippen LogP contribution in [0.2, 0.25) is 0 Å². The first-order valence-corrected chi connectivity index (χ1v) is 6.73. The molecule has 20 heavy (non-hydrogen) atoms. The number of rotatable bonds is 5. The van der Waals surface area contributed by atoms with Crippen molar-refractivity contribution >= 4 is 11.8 Å². The van der Waals surface area contributed by atoms with Gasteiger partial charge in [-0.25, -0.2) is 10.8 Å². The Kier molecular flexibility index (Phi) is 4.53. The summed E-state index contributed by atoms with van der Waals surface area (Å²) in [5.74, 6) is 6.75. The molecule has 0 radical (unpaired) electrons. The van der Waals surface area contributed by atoms with E-state index in [1.54, 1.807) is 0 Å². The highest BCUT2D eigenvalue weighted by molar-refractivity contribution is 5.45. The summed E-state index contributed by atoms with van der Waals surface area (Å²) in [7, 11) is 0. The van der Waals surface area contributed by atoms with Crippen molar-refractivity contribution in [3.05, 3.63) is 47.7 Å². The number of nitrogens with zero attached hydrogens (tertiary/aromatic N) is 3. The smallest absolute Gasteiger partial charge is 0.239 e. The van der Waals surface area contributed by atoms with Gasteiger partial charge in [-0.15, -0.1) is 0 Å². The molecule has 0 saturated heterocycles. The van der Waals surface area contributed by atoms with Gasteiger partial charge in [-0.05, 0) is 26.3 Å². The Morgan fingerprint density at radius 3 is 2.50 bits per heavy atom. The predicted octanol–water partition coefficient (Wildman–Crippen LogP) is 2.49. The number of nitrogens with one attached hydrogen (secondary N) is 1. The van der Waals surface area contributed by atoms with E-state index in [4.69, 9.17) is 5.84 Å². The van der Waals surface area contributed by atoms with Gasteiger partial charge in [0.15, 0.2) is 0 Å². The van der Waals surface area contributed by atoms with Crippen LogP contribution in [0.1, 0.15) is 25.1 Å². The summed E-state index contributed by atoms with van der Waals surface area (Å²) in [4.78, 5) is 10.9. The Bertz CT molecular complexity index is 553. The number of aryl methyl sites for hydroxylation is 1. The van der Waals surface area contributed by atoms with E-state index >= 15 is 0 Å². The van der Waals surface area contributed by atoms with Gasteiger partial charge in [0.1, 0.15) is 5.82 Å². The zero-order chi connectivity index (χ0) is 14.5. The summed E-state index contributed by atoms with van der Waals surface area (Å²) in [5.41, 5.74) is 4.66. The van der Waals surface area contributed by atoms with Gasteiger partial charge in [-0.1, -0.05) is 30.3 Å². The third-order valence-corrected chi connectivity index (χ3v) is 3.08. The molecule has 5 heteroatoms. The van der Waals surface area contributed by atoms with Crippen LogP contribution in [0.25, 0.3) is 0 Å². The van der Waals surface area contributed by atoms with E-state index in [0.29, 0.717) is 12.0 Å². The Labute approximate surface area is 119 Å². The van der Waals surface area contributed by atoms with E-state index in [2.05, 4.69) is 46.3 Å². The Morgan fingerprint density at radius 1 is 1.20 bits per heavy atom. The molecule has 0 saturated carbocycles. The predicted molar refractivity (Wildman–Crippen MR) is 82.3 cm³/mol. The lowest BCUT2D eigenvalue weighted by Gasteiger charge is -2.28. The Balaban J connectivity index is 2.31. The standard InChI is InChI=1S/C15H21N5/c1-11(2)20(10-13-7-5-4-6-8-13)14-9-12(3)17-15(18-14)19-16/h4-9,11H,10,16H2,1-3H3,(H,17,18,19). The van der Waals surface area contributed by atoms with Gasteiger partial charge in [-0.2, -0.15) is 4.98 Å². The first kappa shape index (κ1) is 14.3. The number of hydrazine groups is 1. The molecular formula is C15H21N5. The number of benzene rings is 1. The molecule has 0 fully saturated rings. The molecule has 5 nitrogen and oxygen atoms in total. The topological polar surface area (TPSA) is 67.1 Å². The summed E-state index contributed by atoms with van der Waals surface area (Å²) in [5, 5.41) is 0. The molecule has 0 atom stereocenters. The van der Waals surface area contributed by atoms with Crippen LogP contribution >= 0.6 is 0 Å². The molecule has 0 aliphatic heterocycles. The highest BCUT2D eigenvalue weighted by Crippen LogP contribution is 2.19. The molecule has 106 valence electrons. The highest BCUT2D eigenvalue weighted by Gasteiger charge is 2.14. The van der Waals surface area contributed by atoms with E-state index < -0.39 is 0 Å². The molecule has 1 aromatic heterocycles. The summed E-state index contributed by atoms with van der Waals surface area (Å²) in [6.45, 7) is 7.04. The van der Waals surface area contributed by atoms with E-state index in [-0.39, 0.29) is 0 Å². The highest BCUT2D eigenvalue weighted by atomic mass is 15.3. The van der Waals surface area contributed by atoms with Gasteiger partial charge in [0.05, 0.1) is 0 Å². The van der Waals surface area contributed by atoms with Gasteiger partial charge < -0.3 is 4.90 Å². The third-order valence-electron chi connectivity index (χ3n) is 3.08. The van der Waals surface area contributed by atoms with Crippen LogP contribution in [-0.4, -0.2) is 16.0 Å². The number of nitrogen functional groups attached to an aromatic ring is 1. The van der Waals surface area contributed by atoms with E-state index in [9.17, 15) is 0 Å². The van der Waals surface area contributed by atoms with E-state index in [1.807, 2.05) is 31.2 Å². The average molecular weight is 271 g/mol. The third kappa shape index (κ3) is 3.45. The van der Waals surface area contributed by atoms with Crippen LogP contribution in [0.4, 0.5) is 11.8 Å². The van der Waals surface area contributed by atoms with Crippen LogP contribution in [0, 0.1) is 6.92 Å². The van der Waals surface area contributed by atoms with Crippen molar-refractivity contribution in [2.45, 2.75) is 33.4 Å². The fraction of sp³-hybridized carbons (Fsp3) is 0.333. The largest absolute Gasteiger partial charge is 0.350 e. The van der Waals surface area contributed by atoms with Gasteiger partial charge in [0.2, 0.25) is 5.95 Å². The molecule has 0 spiro atoms. The molecule has 1 heterocycles. The molecular weight excluding hydrogens is 250 g/mol. The maximum absolute atomic E-state index is 5.42. The van der Waals surface area contributed by atoms with Crippen LogP contribution in [0.15, 0.2) is 36.4 Å². The fourth-order valence-corrected chi connectivity index (χ4v) is 2.07. The molecule has 0 bridgehead atoms. The van der Waals surface area contributed by atoms with Crippen LogP contribution in [0.3, 0.4) is 0 Å². The second-order valence-electron chi connectivity index (χ2n) is 5.04. The second-order valence-corrected chi connectivity index (χ2v) is 5.04. The SMILES string of the molecule is Cc1cc(N(Cc2ccccc2)C(C)C)nc(NN)n1. The first-order valence-electron chi connectivity index (χ1n) is 6.73. The molecule has 0 aliphatic carbocycles. The van der Waals surface area contributed by atoms with Crippen LogP contribution in [-0.2, 0) is 6.54 Å². The number of hydrogen-bond acceptors (Lipinski definition) is 5. The van der Waals surface area contributed by atoms with Crippen LogP contribution in [0.5, 0.6) is 0 Å². The minimum Gasteiger partial charge on any atom is -0.350 e. The fourth-order valence-electron chi connectivity index (χ4n) is 2.07. The zero-order valence-corrected chi connectivity index (χ0v) is 12.2. The molecule has 3 N–H and O–H groups in total.